The summed E-state index contributed by atoms with van der Waals surface area (Å²) in [6.45, 7) is 2.93. The van der Waals surface area contributed by atoms with Crippen LogP contribution in [-0.2, 0) is 0 Å². The van der Waals surface area contributed by atoms with Crippen molar-refractivity contribution in [3.63, 3.8) is 0 Å². The Morgan fingerprint density at radius 3 is 2.47 bits per heavy atom. The van der Waals surface area contributed by atoms with Gasteiger partial charge in [-0.1, -0.05) is 6.92 Å². The molecule has 0 saturated heterocycles. The lowest BCUT2D eigenvalue weighted by molar-refractivity contribution is 0.923. The molecule has 0 saturated carbocycles. The normalized spacial score (nSPS) is 12.1. The van der Waals surface area contributed by atoms with Crippen LogP contribution in [0.3, 0.4) is 0 Å². The first kappa shape index (κ1) is 13.8. The van der Waals surface area contributed by atoms with Gasteiger partial charge in [0, 0.05) is 25.9 Å². The summed E-state index contributed by atoms with van der Waals surface area (Å²) >= 11 is 1.78. The average molecular weight is 257 g/mol. The first-order valence-corrected chi connectivity index (χ1v) is 6.52. The molecule has 0 aliphatic heterocycles. The minimum Gasteiger partial charge on any atom is -0.353 e. The Balaban J connectivity index is 2.80. The summed E-state index contributed by atoms with van der Waals surface area (Å²) in [6.07, 6.45) is 2.07. The van der Waals surface area contributed by atoms with Gasteiger partial charge in [-0.2, -0.15) is 26.7 Å². The van der Waals surface area contributed by atoms with Crippen molar-refractivity contribution >= 4 is 29.6 Å². The molecule has 0 spiro atoms. The summed E-state index contributed by atoms with van der Waals surface area (Å²) in [5.74, 6) is 6.75. The van der Waals surface area contributed by atoms with Crippen molar-refractivity contribution < 1.29 is 0 Å². The fourth-order valence-electron chi connectivity index (χ4n) is 1.03. The third kappa shape index (κ3) is 4.23. The van der Waals surface area contributed by atoms with Crippen LogP contribution >= 0.6 is 11.8 Å². The minimum atomic E-state index is 0.350. The van der Waals surface area contributed by atoms with Gasteiger partial charge in [-0.15, -0.1) is 0 Å². The number of thioether (sulfide) groups is 1. The molecule has 1 unspecified atom stereocenters. The first-order valence-electron chi connectivity index (χ1n) is 5.23. The van der Waals surface area contributed by atoms with Crippen LogP contribution < -0.4 is 21.5 Å². The summed E-state index contributed by atoms with van der Waals surface area (Å²) in [7, 11) is 3.73. The predicted molar refractivity (Wildman–Crippen MR) is 73.4 cm³/mol. The highest BCUT2D eigenvalue weighted by molar-refractivity contribution is 7.99. The lowest BCUT2D eigenvalue weighted by atomic mass is 10.5. The fraction of sp³-hybridized carbons (Fsp3) is 0.667. The number of anilines is 3. The molecule has 0 bridgehead atoms. The van der Waals surface area contributed by atoms with E-state index in [2.05, 4.69) is 38.9 Å². The number of hydrazine groups is 1. The molecule has 0 aromatic carbocycles. The molecule has 1 aromatic heterocycles. The standard InChI is InChI=1S/C9H19N7S/c1-6(17-4)5-11-7-12-8(15-10)14-9(13-7)16(2)3/h6H,5,10H2,1-4H3,(H2,11,12,13,14,15). The Bertz CT molecular complexity index is 357. The van der Waals surface area contributed by atoms with E-state index in [1.165, 1.54) is 0 Å². The number of aromatic nitrogens is 3. The SMILES string of the molecule is CSC(C)CNc1nc(NN)nc(N(C)C)n1. The van der Waals surface area contributed by atoms with Gasteiger partial charge in [-0.05, 0) is 6.26 Å². The quantitative estimate of drug-likeness (QED) is 0.498. The predicted octanol–water partition coefficient (Wildman–Crippen LogP) is 0.387. The fourth-order valence-corrected chi connectivity index (χ4v) is 1.28. The van der Waals surface area contributed by atoms with Crippen molar-refractivity contribution in [3.05, 3.63) is 0 Å². The van der Waals surface area contributed by atoms with E-state index < -0.39 is 0 Å². The highest BCUT2D eigenvalue weighted by Gasteiger charge is 2.08. The maximum atomic E-state index is 5.32. The number of nitrogen functional groups attached to an aromatic ring is 1. The van der Waals surface area contributed by atoms with Gasteiger partial charge in [0.2, 0.25) is 17.8 Å². The summed E-state index contributed by atoms with van der Waals surface area (Å²) < 4.78 is 0. The van der Waals surface area contributed by atoms with Gasteiger partial charge in [-0.25, -0.2) is 5.84 Å². The first-order chi connectivity index (χ1) is 8.06. The van der Waals surface area contributed by atoms with E-state index in [1.54, 1.807) is 16.7 Å². The van der Waals surface area contributed by atoms with Crippen LogP contribution in [0.25, 0.3) is 0 Å². The van der Waals surface area contributed by atoms with Gasteiger partial charge < -0.3 is 10.2 Å². The maximum absolute atomic E-state index is 5.32. The van der Waals surface area contributed by atoms with E-state index in [4.69, 9.17) is 5.84 Å². The van der Waals surface area contributed by atoms with Crippen molar-refractivity contribution in [2.75, 3.05) is 42.5 Å². The van der Waals surface area contributed by atoms with Crippen molar-refractivity contribution in [2.45, 2.75) is 12.2 Å². The Morgan fingerprint density at radius 1 is 1.29 bits per heavy atom. The van der Waals surface area contributed by atoms with E-state index in [1.807, 2.05) is 14.1 Å². The molecule has 1 rings (SSSR count). The Hall–Kier alpha value is -1.28. The summed E-state index contributed by atoms with van der Waals surface area (Å²) in [5.41, 5.74) is 2.43. The van der Waals surface area contributed by atoms with Crippen LogP contribution in [0.2, 0.25) is 0 Å². The largest absolute Gasteiger partial charge is 0.353 e. The molecule has 0 aliphatic carbocycles. The molecule has 17 heavy (non-hydrogen) atoms. The van der Waals surface area contributed by atoms with Crippen molar-refractivity contribution in [1.82, 2.24) is 15.0 Å². The number of nitrogens with one attached hydrogen (secondary N) is 2. The molecule has 0 fully saturated rings. The van der Waals surface area contributed by atoms with E-state index in [-0.39, 0.29) is 0 Å². The lowest BCUT2D eigenvalue weighted by Gasteiger charge is -2.14. The Kier molecular flexibility index (Phi) is 5.23. The molecule has 0 radical (unpaired) electrons. The zero-order valence-electron chi connectivity index (χ0n) is 10.6. The van der Waals surface area contributed by atoms with Crippen molar-refractivity contribution in [1.29, 1.82) is 0 Å². The maximum Gasteiger partial charge on any atom is 0.243 e. The van der Waals surface area contributed by atoms with Gasteiger partial charge in [-0.3, -0.25) is 5.43 Å². The number of hydrogen-bond acceptors (Lipinski definition) is 8. The number of hydrogen-bond donors (Lipinski definition) is 3. The van der Waals surface area contributed by atoms with E-state index in [0.717, 1.165) is 6.54 Å². The Morgan fingerprint density at radius 2 is 1.94 bits per heavy atom. The molecule has 1 heterocycles. The molecule has 7 nitrogen and oxygen atoms in total. The van der Waals surface area contributed by atoms with E-state index in [9.17, 15) is 0 Å². The summed E-state index contributed by atoms with van der Waals surface area (Å²) in [4.78, 5) is 14.3. The molecule has 1 atom stereocenters. The zero-order valence-corrected chi connectivity index (χ0v) is 11.4. The molecule has 0 aliphatic rings. The molecule has 96 valence electrons. The Labute approximate surface area is 106 Å². The second-order valence-electron chi connectivity index (χ2n) is 3.75. The molecule has 0 amide bonds. The molecule has 1 aromatic rings. The summed E-state index contributed by atoms with van der Waals surface area (Å²) in [5, 5.41) is 3.65. The van der Waals surface area contributed by atoms with Crippen LogP contribution in [0, 0.1) is 0 Å². The van der Waals surface area contributed by atoms with E-state index in [0.29, 0.717) is 23.1 Å². The van der Waals surface area contributed by atoms with Crippen molar-refractivity contribution in [3.8, 4) is 0 Å². The van der Waals surface area contributed by atoms with Gasteiger partial charge in [0.1, 0.15) is 0 Å². The lowest BCUT2D eigenvalue weighted by Crippen LogP contribution is -2.20. The zero-order chi connectivity index (χ0) is 12.8. The smallest absolute Gasteiger partial charge is 0.243 e. The molecule has 8 heteroatoms. The average Bonchev–Trinajstić information content (AvgIpc) is 2.35. The molecular weight excluding hydrogens is 238 g/mol. The van der Waals surface area contributed by atoms with Crippen LogP contribution in [-0.4, -0.2) is 47.1 Å². The number of nitrogens with zero attached hydrogens (tertiary/aromatic N) is 4. The van der Waals surface area contributed by atoms with Crippen LogP contribution in [0.1, 0.15) is 6.92 Å². The second-order valence-corrected chi connectivity index (χ2v) is 5.02. The summed E-state index contributed by atoms with van der Waals surface area (Å²) in [6, 6.07) is 0. The monoisotopic (exact) mass is 257 g/mol. The third-order valence-electron chi connectivity index (χ3n) is 2.10. The van der Waals surface area contributed by atoms with Crippen molar-refractivity contribution in [2.24, 2.45) is 5.84 Å². The minimum absolute atomic E-state index is 0.350. The van der Waals surface area contributed by atoms with E-state index >= 15 is 0 Å². The number of nitrogens with two attached hydrogens (primary N) is 1. The van der Waals surface area contributed by atoms with Gasteiger partial charge in [0.15, 0.2) is 0 Å². The third-order valence-corrected chi connectivity index (χ3v) is 3.07. The topological polar surface area (TPSA) is 92.0 Å². The van der Waals surface area contributed by atoms with Gasteiger partial charge in [0.25, 0.3) is 0 Å². The van der Waals surface area contributed by atoms with Crippen LogP contribution in [0.4, 0.5) is 17.8 Å². The highest BCUT2D eigenvalue weighted by Crippen LogP contribution is 2.12. The van der Waals surface area contributed by atoms with Crippen LogP contribution in [0.15, 0.2) is 0 Å². The number of rotatable bonds is 6. The highest BCUT2D eigenvalue weighted by atomic mass is 32.2. The molecule has 4 N–H and O–H groups in total. The second kappa shape index (κ2) is 6.45. The van der Waals surface area contributed by atoms with Crippen LogP contribution in [0.5, 0.6) is 0 Å². The molecular formula is C9H19N7S. The van der Waals surface area contributed by atoms with Gasteiger partial charge in [0.05, 0.1) is 0 Å². The van der Waals surface area contributed by atoms with Gasteiger partial charge >= 0.3 is 0 Å².